The van der Waals surface area contributed by atoms with Crippen LogP contribution in [0.3, 0.4) is 0 Å². The molecular formula is C3H6AcO3. The van der Waals surface area contributed by atoms with Crippen molar-refractivity contribution in [1.82, 2.24) is 0 Å². The van der Waals surface area contributed by atoms with Crippen LogP contribution in [0.15, 0.2) is 0 Å². The zero-order valence-corrected chi connectivity index (χ0v) is 8.79. The van der Waals surface area contributed by atoms with Gasteiger partial charge in [0, 0.05) is 51.0 Å². The van der Waals surface area contributed by atoms with Gasteiger partial charge in [-0.1, -0.05) is 0 Å². The minimum atomic E-state index is -0.519. The van der Waals surface area contributed by atoms with Crippen molar-refractivity contribution in [2.45, 2.75) is 6.92 Å². The fourth-order valence-corrected chi connectivity index (χ4v) is 0.0909. The van der Waals surface area contributed by atoms with Crippen molar-refractivity contribution >= 4 is 5.97 Å². The summed E-state index contributed by atoms with van der Waals surface area (Å²) >= 11 is 0. The summed E-state index contributed by atoms with van der Waals surface area (Å²) in [6.07, 6.45) is 0. The van der Waals surface area contributed by atoms with Crippen LogP contribution >= 0.6 is 0 Å². The second kappa shape index (κ2) is 6.87. The van der Waals surface area contributed by atoms with Gasteiger partial charge < -0.3 is 9.84 Å². The molecule has 0 aliphatic carbocycles. The molecule has 1 radical (unpaired) electrons. The predicted molar refractivity (Wildman–Crippen MR) is 18.9 cm³/mol. The number of rotatable bonds is 1. The number of carbonyl (C=O) groups excluding carboxylic acids is 1. The van der Waals surface area contributed by atoms with E-state index in [9.17, 15) is 4.79 Å². The molecule has 0 heterocycles. The van der Waals surface area contributed by atoms with Crippen molar-refractivity contribution < 1.29 is 58.7 Å². The predicted octanol–water partition coefficient (Wildman–Crippen LogP) is -0.501. The monoisotopic (exact) mass is 317 g/mol. The Labute approximate surface area is 77.6 Å². The number of aliphatic hydroxyl groups is 1. The minimum absolute atomic E-state index is 0. The van der Waals surface area contributed by atoms with Crippen LogP contribution in [-0.4, -0.2) is 17.9 Å². The molecule has 1 N–H and O–H groups in total. The third-order valence-electron chi connectivity index (χ3n) is 0.268. The van der Waals surface area contributed by atoms with E-state index < -0.39 is 12.8 Å². The molecule has 0 aromatic carbocycles. The third kappa shape index (κ3) is 10.9. The van der Waals surface area contributed by atoms with E-state index in [0.717, 1.165) is 0 Å². The van der Waals surface area contributed by atoms with Gasteiger partial charge in [-0.05, 0) is 0 Å². The van der Waals surface area contributed by atoms with Gasteiger partial charge in [0.2, 0.25) is 0 Å². The summed E-state index contributed by atoms with van der Waals surface area (Å²) in [4.78, 5) is 9.66. The molecule has 4 heteroatoms. The quantitative estimate of drug-likeness (QED) is 0.524. The summed E-state index contributed by atoms with van der Waals surface area (Å²) in [5, 5.41) is 7.79. The fourth-order valence-electron chi connectivity index (χ4n) is 0.0909. The van der Waals surface area contributed by atoms with Crippen LogP contribution in [0.5, 0.6) is 0 Å². The Kier molecular flexibility index (Phi) is 10.6. The van der Waals surface area contributed by atoms with Crippen molar-refractivity contribution in [2.24, 2.45) is 0 Å². The third-order valence-corrected chi connectivity index (χ3v) is 0.268. The van der Waals surface area contributed by atoms with Crippen molar-refractivity contribution in [2.75, 3.05) is 6.79 Å². The van der Waals surface area contributed by atoms with Gasteiger partial charge in [0.15, 0.2) is 6.79 Å². The van der Waals surface area contributed by atoms with Gasteiger partial charge in [0.25, 0.3) is 0 Å². The number of hydrogen-bond acceptors (Lipinski definition) is 3. The molecule has 0 saturated carbocycles. The molecule has 3 nitrogen and oxygen atoms in total. The van der Waals surface area contributed by atoms with Crippen molar-refractivity contribution in [3.63, 3.8) is 0 Å². The van der Waals surface area contributed by atoms with Crippen molar-refractivity contribution in [3.05, 3.63) is 0 Å². The van der Waals surface area contributed by atoms with E-state index in [1.807, 2.05) is 0 Å². The van der Waals surface area contributed by atoms with Gasteiger partial charge in [-0.3, -0.25) is 4.79 Å². The maximum Gasteiger partial charge on any atom is 0.304 e. The van der Waals surface area contributed by atoms with E-state index in [1.165, 1.54) is 6.92 Å². The van der Waals surface area contributed by atoms with Crippen LogP contribution in [0.1, 0.15) is 6.92 Å². The smallest absolute Gasteiger partial charge is 0.304 e. The first-order valence-corrected chi connectivity index (χ1v) is 1.51. The maximum atomic E-state index is 9.66. The molecule has 0 aromatic heterocycles. The number of esters is 1. The van der Waals surface area contributed by atoms with E-state index in [1.54, 1.807) is 0 Å². The van der Waals surface area contributed by atoms with Crippen LogP contribution in [0.4, 0.5) is 0 Å². The molecule has 39 valence electrons. The fraction of sp³-hybridized carbons (Fsp3) is 0.667. The summed E-state index contributed by atoms with van der Waals surface area (Å²) < 4.78 is 3.96. The molecule has 0 bridgehead atoms. The van der Waals surface area contributed by atoms with Crippen LogP contribution in [-0.2, 0) is 9.53 Å². The average molecular weight is 317 g/mol. The molecule has 0 aliphatic heterocycles. The van der Waals surface area contributed by atoms with E-state index in [-0.39, 0.29) is 44.1 Å². The number of carbonyl (C=O) groups is 1. The first-order chi connectivity index (χ1) is 2.77. The zero-order chi connectivity index (χ0) is 4.99. The summed E-state index contributed by atoms with van der Waals surface area (Å²) in [7, 11) is 0. The Bertz CT molecular complexity index is 54.1. The van der Waals surface area contributed by atoms with Crippen LogP contribution < -0.4 is 0 Å². The summed E-state index contributed by atoms with van der Waals surface area (Å²) in [6, 6.07) is 0. The largest absolute Gasteiger partial charge is 0.439 e. The van der Waals surface area contributed by atoms with Gasteiger partial charge in [-0.15, -0.1) is 0 Å². The summed E-state index contributed by atoms with van der Waals surface area (Å²) in [5.74, 6) is -0.461. The molecule has 0 spiro atoms. The molecule has 0 atom stereocenters. The van der Waals surface area contributed by atoms with Gasteiger partial charge in [-0.2, -0.15) is 0 Å². The Morgan fingerprint density at radius 3 is 2.29 bits per heavy atom. The van der Waals surface area contributed by atoms with E-state index in [0.29, 0.717) is 0 Å². The maximum absolute atomic E-state index is 9.66. The summed E-state index contributed by atoms with van der Waals surface area (Å²) in [6.45, 7) is 0.714. The molecule has 0 aliphatic rings. The van der Waals surface area contributed by atoms with Crippen molar-refractivity contribution in [1.29, 1.82) is 0 Å². The standard InChI is InChI=1S/C3H6O3.Ac/c1-3(5)6-2-4;/h4H,2H2,1H3;. The second-order valence-corrected chi connectivity index (χ2v) is 0.765. The molecule has 0 fully saturated rings. The van der Waals surface area contributed by atoms with E-state index in [4.69, 9.17) is 5.11 Å². The van der Waals surface area contributed by atoms with Gasteiger partial charge >= 0.3 is 5.97 Å². The number of hydrogen-bond donors (Lipinski definition) is 1. The second-order valence-electron chi connectivity index (χ2n) is 0.765. The van der Waals surface area contributed by atoms with Crippen LogP contribution in [0.25, 0.3) is 0 Å². The van der Waals surface area contributed by atoms with Gasteiger partial charge in [0.05, 0.1) is 0 Å². The Morgan fingerprint density at radius 2 is 2.29 bits per heavy atom. The number of ether oxygens (including phenoxy) is 1. The minimum Gasteiger partial charge on any atom is -0.439 e. The Hall–Kier alpha value is 0.872. The van der Waals surface area contributed by atoms with Crippen LogP contribution in [0, 0.1) is 44.1 Å². The first kappa shape index (κ1) is 10.8. The first-order valence-electron chi connectivity index (χ1n) is 1.51. The number of aliphatic hydroxyl groups excluding tert-OH is 1. The van der Waals surface area contributed by atoms with E-state index >= 15 is 0 Å². The summed E-state index contributed by atoms with van der Waals surface area (Å²) in [5.41, 5.74) is 0. The zero-order valence-electron chi connectivity index (χ0n) is 4.05. The molecular weight excluding hydrogens is 311 g/mol. The molecule has 0 unspecified atom stereocenters. The molecule has 7 heavy (non-hydrogen) atoms. The van der Waals surface area contributed by atoms with E-state index in [2.05, 4.69) is 4.74 Å². The molecule has 0 rings (SSSR count). The molecule has 0 aromatic rings. The van der Waals surface area contributed by atoms with Gasteiger partial charge in [0.1, 0.15) is 0 Å². The van der Waals surface area contributed by atoms with Crippen molar-refractivity contribution in [3.8, 4) is 0 Å². The van der Waals surface area contributed by atoms with Gasteiger partial charge in [-0.25, -0.2) is 0 Å². The molecule has 0 amide bonds. The Balaban J connectivity index is 0. The Morgan fingerprint density at radius 1 is 1.86 bits per heavy atom. The SMILES string of the molecule is CC(=O)OCO.[Ac]. The topological polar surface area (TPSA) is 46.5 Å². The molecule has 0 saturated heterocycles. The average Bonchev–Trinajstić information content (AvgIpc) is 1.35. The van der Waals surface area contributed by atoms with Crippen LogP contribution in [0.2, 0.25) is 0 Å². The normalized spacial score (nSPS) is 6.57.